The summed E-state index contributed by atoms with van der Waals surface area (Å²) in [5.41, 5.74) is 0.829. The maximum Gasteiger partial charge on any atom is 0.522 e. The minimum Gasteiger partial charge on any atom is -0.497 e. The molecule has 1 aromatic rings. The van der Waals surface area contributed by atoms with Gasteiger partial charge < -0.3 is 14.8 Å². The Bertz CT molecular complexity index is 424. The van der Waals surface area contributed by atoms with Crippen LogP contribution in [0.25, 0.3) is 0 Å². The second-order valence-electron chi connectivity index (χ2n) is 4.29. The van der Waals surface area contributed by atoms with Crippen molar-refractivity contribution in [3.8, 4) is 11.5 Å². The van der Waals surface area contributed by atoms with Crippen molar-refractivity contribution >= 4 is 0 Å². The van der Waals surface area contributed by atoms with Gasteiger partial charge in [0.15, 0.2) is 0 Å². The first-order valence-electron chi connectivity index (χ1n) is 6.67. The molecule has 0 aliphatic rings. The minimum absolute atomic E-state index is 0.174. The quantitative estimate of drug-likeness (QED) is 0.712. The number of alkyl halides is 3. The highest BCUT2D eigenvalue weighted by Crippen LogP contribution is 2.24. The number of hydrogen-bond donors (Lipinski definition) is 1. The molecular weight excluding hydrogens is 287 g/mol. The molecule has 7 heteroatoms. The fourth-order valence-electron chi connectivity index (χ4n) is 1.67. The molecule has 1 N–H and O–H groups in total. The Hall–Kier alpha value is -1.47. The molecule has 0 aromatic heterocycles. The molecule has 0 fully saturated rings. The third-order valence-electron chi connectivity index (χ3n) is 2.62. The smallest absolute Gasteiger partial charge is 0.497 e. The maximum absolute atomic E-state index is 11.9. The highest BCUT2D eigenvalue weighted by atomic mass is 19.4. The molecule has 0 atom stereocenters. The number of rotatable bonds is 9. The van der Waals surface area contributed by atoms with E-state index in [0.717, 1.165) is 18.5 Å². The van der Waals surface area contributed by atoms with Crippen LogP contribution in [-0.2, 0) is 11.3 Å². The number of hydrogen-bond acceptors (Lipinski definition) is 4. The van der Waals surface area contributed by atoms with Crippen molar-refractivity contribution in [2.24, 2.45) is 0 Å². The molecule has 0 radical (unpaired) electrons. The van der Waals surface area contributed by atoms with Gasteiger partial charge in [0, 0.05) is 12.1 Å². The molecule has 0 saturated heterocycles. The monoisotopic (exact) mass is 307 g/mol. The average molecular weight is 307 g/mol. The molecule has 0 amide bonds. The molecule has 1 aromatic carbocycles. The normalized spacial score (nSPS) is 11.5. The Balaban J connectivity index is 2.58. The van der Waals surface area contributed by atoms with Crippen molar-refractivity contribution in [2.75, 3.05) is 26.9 Å². The summed E-state index contributed by atoms with van der Waals surface area (Å²) in [6.45, 7) is 2.72. The molecule has 0 aliphatic heterocycles. The molecule has 0 saturated carbocycles. The Labute approximate surface area is 122 Å². The van der Waals surface area contributed by atoms with Gasteiger partial charge in [0.1, 0.15) is 18.1 Å². The lowest BCUT2D eigenvalue weighted by Gasteiger charge is -2.14. The number of methoxy groups -OCH3 is 1. The third kappa shape index (κ3) is 7.19. The lowest BCUT2D eigenvalue weighted by Crippen LogP contribution is -2.19. The first-order valence-corrected chi connectivity index (χ1v) is 6.67. The van der Waals surface area contributed by atoms with Crippen LogP contribution in [0.1, 0.15) is 18.9 Å². The van der Waals surface area contributed by atoms with Crippen molar-refractivity contribution in [1.82, 2.24) is 5.32 Å². The van der Waals surface area contributed by atoms with Crippen LogP contribution < -0.4 is 14.8 Å². The summed E-state index contributed by atoms with van der Waals surface area (Å²) in [6.07, 6.45) is -3.64. The summed E-state index contributed by atoms with van der Waals surface area (Å²) >= 11 is 0. The van der Waals surface area contributed by atoms with Crippen LogP contribution in [-0.4, -0.2) is 33.2 Å². The van der Waals surface area contributed by atoms with E-state index in [2.05, 4.69) is 10.1 Å². The molecule has 1 rings (SSSR count). The number of nitrogens with one attached hydrogen (secondary N) is 1. The van der Waals surface area contributed by atoms with Gasteiger partial charge in [-0.2, -0.15) is 0 Å². The molecule has 120 valence electrons. The molecule has 0 spiro atoms. The van der Waals surface area contributed by atoms with E-state index < -0.39 is 13.0 Å². The van der Waals surface area contributed by atoms with E-state index in [4.69, 9.17) is 9.47 Å². The predicted octanol–water partition coefficient (Wildman–Crippen LogP) is 3.11. The summed E-state index contributed by atoms with van der Waals surface area (Å²) in [5, 5.41) is 3.21. The summed E-state index contributed by atoms with van der Waals surface area (Å²) in [5.74, 6) is 1.19. The average Bonchev–Trinajstić information content (AvgIpc) is 2.43. The molecule has 0 heterocycles. The SMILES string of the molecule is CCCNCc1cc(OC)ccc1OCCOC(F)(F)F. The van der Waals surface area contributed by atoms with Crippen molar-refractivity contribution in [1.29, 1.82) is 0 Å². The zero-order valence-electron chi connectivity index (χ0n) is 12.1. The van der Waals surface area contributed by atoms with Crippen molar-refractivity contribution < 1.29 is 27.4 Å². The van der Waals surface area contributed by atoms with Gasteiger partial charge in [-0.15, -0.1) is 13.2 Å². The topological polar surface area (TPSA) is 39.7 Å². The van der Waals surface area contributed by atoms with Gasteiger partial charge >= 0.3 is 6.36 Å². The Kier molecular flexibility index (Phi) is 7.31. The van der Waals surface area contributed by atoms with Crippen molar-refractivity contribution in [3.05, 3.63) is 23.8 Å². The highest BCUT2D eigenvalue weighted by molar-refractivity contribution is 5.40. The predicted molar refractivity (Wildman–Crippen MR) is 72.5 cm³/mol. The third-order valence-corrected chi connectivity index (χ3v) is 2.62. The van der Waals surface area contributed by atoms with E-state index in [9.17, 15) is 13.2 Å². The maximum atomic E-state index is 11.9. The van der Waals surface area contributed by atoms with E-state index in [1.807, 2.05) is 6.92 Å². The summed E-state index contributed by atoms with van der Waals surface area (Å²) in [6, 6.07) is 5.17. The second kappa shape index (κ2) is 8.74. The summed E-state index contributed by atoms with van der Waals surface area (Å²) in [7, 11) is 1.55. The van der Waals surface area contributed by atoms with Crippen LogP contribution in [0.5, 0.6) is 11.5 Å². The molecular formula is C14H20F3NO3. The van der Waals surface area contributed by atoms with Crippen molar-refractivity contribution in [3.63, 3.8) is 0 Å². The van der Waals surface area contributed by atoms with Gasteiger partial charge in [0.2, 0.25) is 0 Å². The van der Waals surface area contributed by atoms with E-state index >= 15 is 0 Å². The van der Waals surface area contributed by atoms with Gasteiger partial charge in [-0.1, -0.05) is 6.92 Å². The standard InChI is InChI=1S/C14H20F3NO3/c1-3-6-18-10-11-9-12(19-2)4-5-13(11)20-7-8-21-14(15,16)17/h4-5,9,18H,3,6-8,10H2,1-2H3. The Morgan fingerprint density at radius 2 is 1.95 bits per heavy atom. The zero-order valence-corrected chi connectivity index (χ0v) is 12.1. The fraction of sp³-hybridized carbons (Fsp3) is 0.571. The van der Waals surface area contributed by atoms with Crippen LogP contribution in [0.4, 0.5) is 13.2 Å². The van der Waals surface area contributed by atoms with E-state index in [0.29, 0.717) is 18.0 Å². The largest absolute Gasteiger partial charge is 0.522 e. The van der Waals surface area contributed by atoms with Crippen LogP contribution >= 0.6 is 0 Å². The molecule has 0 bridgehead atoms. The van der Waals surface area contributed by atoms with Gasteiger partial charge in [-0.3, -0.25) is 4.74 Å². The van der Waals surface area contributed by atoms with Gasteiger partial charge in [-0.05, 0) is 31.2 Å². The van der Waals surface area contributed by atoms with Crippen LogP contribution in [0, 0.1) is 0 Å². The second-order valence-corrected chi connectivity index (χ2v) is 4.29. The summed E-state index contributed by atoms with van der Waals surface area (Å²) < 4.78 is 49.7. The van der Waals surface area contributed by atoms with Crippen LogP contribution in [0.3, 0.4) is 0 Å². The molecule has 0 aliphatic carbocycles. The van der Waals surface area contributed by atoms with Gasteiger partial charge in [-0.25, -0.2) is 0 Å². The van der Waals surface area contributed by atoms with Gasteiger partial charge in [0.25, 0.3) is 0 Å². The van der Waals surface area contributed by atoms with E-state index in [1.54, 1.807) is 25.3 Å². The minimum atomic E-state index is -4.63. The molecule has 4 nitrogen and oxygen atoms in total. The van der Waals surface area contributed by atoms with Crippen LogP contribution in [0.15, 0.2) is 18.2 Å². The number of benzene rings is 1. The highest BCUT2D eigenvalue weighted by Gasteiger charge is 2.28. The lowest BCUT2D eigenvalue weighted by atomic mass is 10.2. The van der Waals surface area contributed by atoms with Crippen LogP contribution in [0.2, 0.25) is 0 Å². The number of halogens is 3. The molecule has 0 unspecified atom stereocenters. The first-order chi connectivity index (χ1) is 9.96. The zero-order chi connectivity index (χ0) is 15.7. The lowest BCUT2D eigenvalue weighted by molar-refractivity contribution is -0.325. The Morgan fingerprint density at radius 3 is 2.57 bits per heavy atom. The number of ether oxygens (including phenoxy) is 3. The first kappa shape index (κ1) is 17.6. The summed E-state index contributed by atoms with van der Waals surface area (Å²) in [4.78, 5) is 0. The fourth-order valence-corrected chi connectivity index (χ4v) is 1.67. The van der Waals surface area contributed by atoms with Crippen molar-refractivity contribution in [2.45, 2.75) is 26.3 Å². The van der Waals surface area contributed by atoms with E-state index in [1.165, 1.54) is 0 Å². The molecule has 21 heavy (non-hydrogen) atoms. The van der Waals surface area contributed by atoms with E-state index in [-0.39, 0.29) is 6.61 Å². The Morgan fingerprint density at radius 1 is 1.19 bits per heavy atom. The van der Waals surface area contributed by atoms with Gasteiger partial charge in [0.05, 0.1) is 13.7 Å².